The van der Waals surface area contributed by atoms with E-state index in [0.29, 0.717) is 18.1 Å². The highest BCUT2D eigenvalue weighted by molar-refractivity contribution is 7.13. The third kappa shape index (κ3) is 4.68. The molecule has 1 heterocycles. The maximum absolute atomic E-state index is 12.8. The fourth-order valence-electron chi connectivity index (χ4n) is 2.89. The Morgan fingerprint density at radius 2 is 1.83 bits per heavy atom. The van der Waals surface area contributed by atoms with Gasteiger partial charge in [0.05, 0.1) is 38.5 Å². The molecule has 1 aromatic heterocycles. The van der Waals surface area contributed by atoms with Crippen LogP contribution in [0.25, 0.3) is 10.6 Å². The summed E-state index contributed by atoms with van der Waals surface area (Å²) in [7, 11) is 4.89. The van der Waals surface area contributed by atoms with Gasteiger partial charge >= 0.3 is 0 Å². The van der Waals surface area contributed by atoms with Crippen LogP contribution in [0.1, 0.15) is 12.6 Å². The molecule has 3 rings (SSSR count). The summed E-state index contributed by atoms with van der Waals surface area (Å²) in [6.07, 6.45) is 0.206. The molecule has 29 heavy (non-hydrogen) atoms. The number of nitrogens with zero attached hydrogens (tertiary/aromatic N) is 2. The van der Waals surface area contributed by atoms with Crippen LogP contribution in [-0.2, 0) is 11.2 Å². The molecule has 152 valence electrons. The molecule has 0 aliphatic heterocycles. The Balaban J connectivity index is 1.75. The van der Waals surface area contributed by atoms with Gasteiger partial charge in [0, 0.05) is 24.2 Å². The first-order valence-corrected chi connectivity index (χ1v) is 10.1. The molecule has 2 aromatic carbocycles. The summed E-state index contributed by atoms with van der Waals surface area (Å²) in [5, 5.41) is 2.75. The second kappa shape index (κ2) is 9.43. The summed E-state index contributed by atoms with van der Waals surface area (Å²) in [4.78, 5) is 19.0. The van der Waals surface area contributed by atoms with Crippen LogP contribution in [0.5, 0.6) is 17.2 Å². The van der Waals surface area contributed by atoms with Crippen LogP contribution < -0.4 is 19.1 Å². The third-order valence-corrected chi connectivity index (χ3v) is 5.35. The van der Waals surface area contributed by atoms with Crippen LogP contribution in [0, 0.1) is 0 Å². The van der Waals surface area contributed by atoms with Gasteiger partial charge < -0.3 is 19.1 Å². The van der Waals surface area contributed by atoms with Gasteiger partial charge in [-0.3, -0.25) is 4.79 Å². The highest BCUT2D eigenvalue weighted by Gasteiger charge is 2.17. The third-order valence-electron chi connectivity index (χ3n) is 4.43. The number of para-hydroxylation sites is 1. The van der Waals surface area contributed by atoms with Crippen molar-refractivity contribution in [1.82, 2.24) is 4.98 Å². The van der Waals surface area contributed by atoms with Gasteiger partial charge in [-0.15, -0.1) is 11.3 Å². The molecule has 0 N–H and O–H groups in total. The Morgan fingerprint density at radius 3 is 2.55 bits per heavy atom. The highest BCUT2D eigenvalue weighted by atomic mass is 32.1. The topological polar surface area (TPSA) is 60.9 Å². The lowest BCUT2D eigenvalue weighted by atomic mass is 10.2. The van der Waals surface area contributed by atoms with E-state index in [1.54, 1.807) is 38.3 Å². The zero-order chi connectivity index (χ0) is 20.8. The number of carbonyl (C=O) groups excluding carboxylic acids is 1. The number of rotatable bonds is 8. The first kappa shape index (κ1) is 20.7. The zero-order valence-corrected chi connectivity index (χ0v) is 17.8. The van der Waals surface area contributed by atoms with E-state index < -0.39 is 0 Å². The van der Waals surface area contributed by atoms with E-state index >= 15 is 0 Å². The fourth-order valence-corrected chi connectivity index (χ4v) is 3.74. The Kier molecular flexibility index (Phi) is 6.72. The Hall–Kier alpha value is -3.06. The molecule has 0 fully saturated rings. The minimum Gasteiger partial charge on any atom is -0.493 e. The molecule has 0 spiro atoms. The van der Waals surface area contributed by atoms with E-state index in [4.69, 9.17) is 14.2 Å². The SMILES string of the molecule is CCOc1ccccc1-c1nc(CC(=O)N(C)c2ccc(OC)c(OC)c2)cs1. The van der Waals surface area contributed by atoms with Crippen molar-refractivity contribution < 1.29 is 19.0 Å². The molecule has 0 radical (unpaired) electrons. The summed E-state index contributed by atoms with van der Waals surface area (Å²) in [5.41, 5.74) is 2.39. The minimum atomic E-state index is -0.0628. The smallest absolute Gasteiger partial charge is 0.232 e. The lowest BCUT2D eigenvalue weighted by Gasteiger charge is -2.18. The summed E-state index contributed by atoms with van der Waals surface area (Å²) < 4.78 is 16.3. The molecule has 0 saturated carbocycles. The number of carbonyl (C=O) groups is 1. The summed E-state index contributed by atoms with van der Waals surface area (Å²) in [6, 6.07) is 13.2. The largest absolute Gasteiger partial charge is 0.493 e. The van der Waals surface area contributed by atoms with E-state index in [-0.39, 0.29) is 12.3 Å². The second-order valence-corrected chi connectivity index (χ2v) is 7.10. The van der Waals surface area contributed by atoms with E-state index in [9.17, 15) is 4.79 Å². The number of benzene rings is 2. The zero-order valence-electron chi connectivity index (χ0n) is 17.0. The lowest BCUT2D eigenvalue weighted by molar-refractivity contribution is -0.117. The number of anilines is 1. The van der Waals surface area contributed by atoms with Crippen molar-refractivity contribution in [2.75, 3.05) is 32.8 Å². The fraction of sp³-hybridized carbons (Fsp3) is 0.273. The number of likely N-dealkylation sites (N-methyl/N-ethyl adjacent to an activating group) is 1. The van der Waals surface area contributed by atoms with Crippen molar-refractivity contribution in [2.24, 2.45) is 0 Å². The van der Waals surface area contributed by atoms with Crippen LogP contribution in [0.4, 0.5) is 5.69 Å². The van der Waals surface area contributed by atoms with Gasteiger partial charge in [0.25, 0.3) is 0 Å². The monoisotopic (exact) mass is 412 g/mol. The van der Waals surface area contributed by atoms with Crippen molar-refractivity contribution >= 4 is 22.9 Å². The van der Waals surface area contributed by atoms with Crippen molar-refractivity contribution in [2.45, 2.75) is 13.3 Å². The van der Waals surface area contributed by atoms with E-state index in [1.807, 2.05) is 42.6 Å². The molecule has 0 atom stereocenters. The van der Waals surface area contributed by atoms with Gasteiger partial charge in [0.2, 0.25) is 5.91 Å². The number of hydrogen-bond acceptors (Lipinski definition) is 6. The molecular formula is C22H24N2O4S. The minimum absolute atomic E-state index is 0.0628. The molecule has 1 amide bonds. The predicted molar refractivity (Wildman–Crippen MR) is 115 cm³/mol. The predicted octanol–water partition coefficient (Wildman–Crippen LogP) is 4.43. The summed E-state index contributed by atoms with van der Waals surface area (Å²) in [5.74, 6) is 1.93. The molecule has 7 heteroatoms. The Bertz CT molecular complexity index is 986. The van der Waals surface area contributed by atoms with Crippen LogP contribution >= 0.6 is 11.3 Å². The van der Waals surface area contributed by atoms with Crippen molar-refractivity contribution in [1.29, 1.82) is 0 Å². The molecule has 0 unspecified atom stereocenters. The van der Waals surface area contributed by atoms with Crippen molar-refractivity contribution in [3.63, 3.8) is 0 Å². The van der Waals surface area contributed by atoms with Gasteiger partial charge in [-0.1, -0.05) is 12.1 Å². The average molecular weight is 413 g/mol. The van der Waals surface area contributed by atoms with Crippen LogP contribution in [0.3, 0.4) is 0 Å². The first-order valence-electron chi connectivity index (χ1n) is 9.22. The number of hydrogen-bond donors (Lipinski definition) is 0. The number of ether oxygens (including phenoxy) is 3. The Morgan fingerprint density at radius 1 is 1.07 bits per heavy atom. The standard InChI is InChI=1S/C22H24N2O4S/c1-5-28-18-9-7-6-8-17(18)22-23-15(14-29-22)12-21(25)24(2)16-10-11-19(26-3)20(13-16)27-4/h6-11,13-14H,5,12H2,1-4H3. The molecule has 0 aliphatic rings. The molecular weight excluding hydrogens is 388 g/mol. The number of methoxy groups -OCH3 is 2. The van der Waals surface area contributed by atoms with Gasteiger partial charge in [-0.05, 0) is 31.2 Å². The van der Waals surface area contributed by atoms with Gasteiger partial charge in [0.15, 0.2) is 11.5 Å². The summed E-state index contributed by atoms with van der Waals surface area (Å²) in [6.45, 7) is 2.54. The lowest BCUT2D eigenvalue weighted by Crippen LogP contribution is -2.27. The van der Waals surface area contributed by atoms with Crippen LogP contribution in [-0.4, -0.2) is 38.8 Å². The number of aromatic nitrogens is 1. The molecule has 6 nitrogen and oxygen atoms in total. The van der Waals surface area contributed by atoms with Crippen molar-refractivity contribution in [3.8, 4) is 27.8 Å². The Labute approximate surface area is 174 Å². The normalized spacial score (nSPS) is 10.5. The van der Waals surface area contributed by atoms with Crippen LogP contribution in [0.15, 0.2) is 47.8 Å². The van der Waals surface area contributed by atoms with Gasteiger partial charge in [-0.25, -0.2) is 4.98 Å². The molecule has 0 saturated heterocycles. The maximum Gasteiger partial charge on any atom is 0.232 e. The number of amides is 1. The maximum atomic E-state index is 12.8. The van der Waals surface area contributed by atoms with E-state index in [0.717, 1.165) is 27.7 Å². The quantitative estimate of drug-likeness (QED) is 0.548. The molecule has 0 aliphatic carbocycles. The molecule has 0 bridgehead atoms. The second-order valence-electron chi connectivity index (χ2n) is 6.24. The van der Waals surface area contributed by atoms with E-state index in [1.165, 1.54) is 11.3 Å². The van der Waals surface area contributed by atoms with Crippen LogP contribution in [0.2, 0.25) is 0 Å². The summed E-state index contributed by atoms with van der Waals surface area (Å²) >= 11 is 1.50. The van der Waals surface area contributed by atoms with Crippen molar-refractivity contribution in [3.05, 3.63) is 53.5 Å². The molecule has 3 aromatic rings. The highest BCUT2D eigenvalue weighted by Crippen LogP contribution is 2.33. The van der Waals surface area contributed by atoms with Gasteiger partial charge in [-0.2, -0.15) is 0 Å². The van der Waals surface area contributed by atoms with Gasteiger partial charge in [0.1, 0.15) is 10.8 Å². The van der Waals surface area contributed by atoms with E-state index in [2.05, 4.69) is 4.98 Å². The number of thiazole rings is 1. The first-order chi connectivity index (χ1) is 14.1. The average Bonchev–Trinajstić information content (AvgIpc) is 3.21.